The van der Waals surface area contributed by atoms with Crippen LogP contribution in [0.15, 0.2) is 122 Å². The third kappa shape index (κ3) is 47.8. The number of hydrogen-bond acceptors (Lipinski definition) is 10. The van der Waals surface area contributed by atoms with E-state index in [4.69, 9.17) is 14.2 Å². The number of amides is 1. The van der Waals surface area contributed by atoms with Gasteiger partial charge in [-0.3, -0.25) is 9.59 Å². The summed E-state index contributed by atoms with van der Waals surface area (Å²) in [5.74, 6) is -1.24. The van der Waals surface area contributed by atoms with E-state index in [1.165, 1.54) is 96.3 Å². The van der Waals surface area contributed by atoms with Gasteiger partial charge in [-0.2, -0.15) is 0 Å². The van der Waals surface area contributed by atoms with E-state index in [9.17, 15) is 35.1 Å². The topological polar surface area (TPSA) is 175 Å². The molecule has 0 bridgehead atoms. The summed E-state index contributed by atoms with van der Waals surface area (Å²) in [6.45, 7) is 5.64. The number of esters is 1. The van der Waals surface area contributed by atoms with Crippen molar-refractivity contribution in [3.63, 3.8) is 0 Å². The Morgan fingerprint density at radius 3 is 1.29 bits per heavy atom. The summed E-state index contributed by atoms with van der Waals surface area (Å²) in [6, 6.07) is -1.04. The molecule has 11 nitrogen and oxygen atoms in total. The third-order valence-electron chi connectivity index (χ3n) is 15.3. The summed E-state index contributed by atoms with van der Waals surface area (Å²) in [6.07, 6.45) is 73.7. The number of ether oxygens (including phenoxy) is 3. The highest BCUT2D eigenvalue weighted by Crippen LogP contribution is 2.26. The first kappa shape index (κ1) is 79.1. The van der Waals surface area contributed by atoms with Gasteiger partial charge in [-0.1, -0.05) is 271 Å². The van der Waals surface area contributed by atoms with Gasteiger partial charge < -0.3 is 45.1 Å². The fourth-order valence-electron chi connectivity index (χ4n) is 9.96. The lowest BCUT2D eigenvalue weighted by Gasteiger charge is -2.41. The van der Waals surface area contributed by atoms with Gasteiger partial charge in [-0.15, -0.1) is 0 Å². The van der Waals surface area contributed by atoms with Crippen LogP contribution in [0.3, 0.4) is 0 Å². The molecule has 0 aromatic rings. The molecule has 0 aromatic carbocycles. The number of aliphatic hydroxyl groups is 5. The first-order valence-corrected chi connectivity index (χ1v) is 34.3. The van der Waals surface area contributed by atoms with Gasteiger partial charge in [0.2, 0.25) is 5.91 Å². The molecule has 0 spiro atoms. The summed E-state index contributed by atoms with van der Waals surface area (Å²) in [7, 11) is 0. The Labute approximate surface area is 519 Å². The Bertz CT molecular complexity index is 1850. The molecule has 1 rings (SSSR count). The van der Waals surface area contributed by atoms with Gasteiger partial charge in [0.1, 0.15) is 24.4 Å². The van der Waals surface area contributed by atoms with E-state index >= 15 is 0 Å². The van der Waals surface area contributed by atoms with Crippen molar-refractivity contribution in [3.8, 4) is 0 Å². The van der Waals surface area contributed by atoms with Crippen LogP contribution < -0.4 is 5.32 Å². The highest BCUT2D eigenvalue weighted by molar-refractivity contribution is 5.80. The highest BCUT2D eigenvalue weighted by Gasteiger charge is 2.47. The average Bonchev–Trinajstić information content (AvgIpc) is 2.49. The number of carbonyl (C=O) groups excluding carboxylic acids is 2. The normalized spacial score (nSPS) is 19.2. The molecule has 486 valence electrons. The minimum atomic E-state index is -1.64. The first-order valence-electron chi connectivity index (χ1n) is 34.3. The number of hydrogen-bond donors (Lipinski definition) is 6. The molecule has 1 fully saturated rings. The van der Waals surface area contributed by atoms with E-state index in [0.29, 0.717) is 12.8 Å². The van der Waals surface area contributed by atoms with Gasteiger partial charge in [-0.05, 0) is 116 Å². The molecule has 85 heavy (non-hydrogen) atoms. The standard InChI is InChI=1S/C74H125NO10/c1-4-7-10-13-16-19-22-25-27-29-31-32-33-34-35-37-38-40-43-46-49-52-55-58-61-67(78)73(82)75-65(66(77)60-57-54-51-48-45-42-24-21-18-15-12-9-6-3)64-83-74-72(71(81)70(80)68(63-76)84-74)85-69(79)62-59-56-53-50-47-44-41-39-36-30-28-26-23-20-17-14-11-8-5-2/h8,11,16-17,19-20,25-28,31-32,34-36,39,44,47,57,60,65-68,70-72,74,76-78,80-81H,4-7,9-10,12-15,18,21-24,29-30,33,37-38,40-43,45-46,48-56,58-59,61-64H2,1-3H3,(H,75,82)/b11-8-,19-16-,20-17-,27-25-,28-26-,32-31-,35-34-,39-36-,47-44-,60-57+. The van der Waals surface area contributed by atoms with Crippen molar-refractivity contribution in [3.05, 3.63) is 122 Å². The number of unbranched alkanes of at least 4 members (excludes halogenated alkanes) is 25. The first-order chi connectivity index (χ1) is 41.7. The molecule has 1 saturated heterocycles. The summed E-state index contributed by atoms with van der Waals surface area (Å²) in [5.41, 5.74) is 0. The lowest BCUT2D eigenvalue weighted by atomic mass is 9.99. The van der Waals surface area contributed by atoms with E-state index in [2.05, 4.69) is 135 Å². The summed E-state index contributed by atoms with van der Waals surface area (Å²) in [4.78, 5) is 26.6. The molecule has 1 amide bonds. The monoisotopic (exact) mass is 1190 g/mol. The van der Waals surface area contributed by atoms with Crippen molar-refractivity contribution in [1.29, 1.82) is 0 Å². The lowest BCUT2D eigenvalue weighted by Crippen LogP contribution is -2.61. The van der Waals surface area contributed by atoms with Gasteiger partial charge in [-0.25, -0.2) is 0 Å². The van der Waals surface area contributed by atoms with Crippen molar-refractivity contribution in [2.75, 3.05) is 13.2 Å². The predicted molar refractivity (Wildman–Crippen MR) is 356 cm³/mol. The zero-order valence-electron chi connectivity index (χ0n) is 53.9. The second kappa shape index (κ2) is 60.3. The van der Waals surface area contributed by atoms with E-state index in [1.807, 2.05) is 6.08 Å². The molecule has 1 aliphatic heterocycles. The van der Waals surface area contributed by atoms with Crippen LogP contribution in [0.1, 0.15) is 271 Å². The lowest BCUT2D eigenvalue weighted by molar-refractivity contribution is -0.305. The fraction of sp³-hybridized carbons (Fsp3) is 0.703. The highest BCUT2D eigenvalue weighted by atomic mass is 16.7. The average molecular weight is 1190 g/mol. The Hall–Kier alpha value is -3.94. The predicted octanol–water partition coefficient (Wildman–Crippen LogP) is 17.4. The van der Waals surface area contributed by atoms with Crippen molar-refractivity contribution < 1.29 is 49.3 Å². The van der Waals surface area contributed by atoms with Crippen LogP contribution in [0.4, 0.5) is 0 Å². The van der Waals surface area contributed by atoms with Crippen LogP contribution in [-0.2, 0) is 23.8 Å². The largest absolute Gasteiger partial charge is 0.454 e. The molecule has 0 aliphatic carbocycles. The van der Waals surface area contributed by atoms with Crippen molar-refractivity contribution >= 4 is 11.9 Å². The molecular weight excluding hydrogens is 1060 g/mol. The molecule has 0 aromatic heterocycles. The molecule has 11 heteroatoms. The smallest absolute Gasteiger partial charge is 0.306 e. The maximum atomic E-state index is 13.5. The summed E-state index contributed by atoms with van der Waals surface area (Å²) < 4.78 is 17.6. The molecular formula is C74H125NO10. The fourth-order valence-corrected chi connectivity index (χ4v) is 9.96. The minimum absolute atomic E-state index is 0.0775. The zero-order valence-corrected chi connectivity index (χ0v) is 53.9. The number of nitrogens with one attached hydrogen (secondary N) is 1. The molecule has 0 radical (unpaired) electrons. The Morgan fingerprint density at radius 2 is 0.847 bits per heavy atom. The van der Waals surface area contributed by atoms with Crippen LogP contribution in [0.25, 0.3) is 0 Å². The van der Waals surface area contributed by atoms with Gasteiger partial charge in [0, 0.05) is 6.42 Å². The van der Waals surface area contributed by atoms with Crippen LogP contribution >= 0.6 is 0 Å². The Kier molecular flexibility index (Phi) is 56.1. The molecule has 8 atom stereocenters. The Balaban J connectivity index is 2.66. The van der Waals surface area contributed by atoms with Crippen molar-refractivity contribution in [2.45, 2.75) is 320 Å². The van der Waals surface area contributed by atoms with Crippen LogP contribution in [0, 0.1) is 0 Å². The zero-order chi connectivity index (χ0) is 61.7. The summed E-state index contributed by atoms with van der Waals surface area (Å²) in [5, 5.41) is 57.2. The minimum Gasteiger partial charge on any atom is -0.454 e. The van der Waals surface area contributed by atoms with E-state index < -0.39 is 67.4 Å². The van der Waals surface area contributed by atoms with Gasteiger partial charge >= 0.3 is 5.97 Å². The van der Waals surface area contributed by atoms with E-state index in [0.717, 1.165) is 128 Å². The van der Waals surface area contributed by atoms with Crippen LogP contribution in [-0.4, -0.2) is 99.6 Å². The van der Waals surface area contributed by atoms with Crippen molar-refractivity contribution in [2.24, 2.45) is 0 Å². The van der Waals surface area contributed by atoms with Gasteiger partial charge in [0.05, 0.1) is 25.4 Å². The van der Waals surface area contributed by atoms with Gasteiger partial charge in [0.25, 0.3) is 0 Å². The number of aliphatic hydroxyl groups excluding tert-OH is 5. The molecule has 8 unspecified atom stereocenters. The van der Waals surface area contributed by atoms with Crippen molar-refractivity contribution in [1.82, 2.24) is 5.32 Å². The Morgan fingerprint density at radius 1 is 0.471 bits per heavy atom. The number of allylic oxidation sites excluding steroid dienone is 19. The molecule has 1 heterocycles. The van der Waals surface area contributed by atoms with Gasteiger partial charge in [0.15, 0.2) is 12.4 Å². The third-order valence-corrected chi connectivity index (χ3v) is 15.3. The van der Waals surface area contributed by atoms with E-state index in [-0.39, 0.29) is 19.4 Å². The van der Waals surface area contributed by atoms with E-state index in [1.54, 1.807) is 6.08 Å². The van der Waals surface area contributed by atoms with Crippen LogP contribution in [0.5, 0.6) is 0 Å². The molecule has 6 N–H and O–H groups in total. The number of rotatable bonds is 57. The second-order valence-corrected chi connectivity index (χ2v) is 23.2. The maximum absolute atomic E-state index is 13.5. The number of carbonyl (C=O) groups is 2. The summed E-state index contributed by atoms with van der Waals surface area (Å²) >= 11 is 0. The second-order valence-electron chi connectivity index (χ2n) is 23.2. The maximum Gasteiger partial charge on any atom is 0.306 e. The SMILES string of the molecule is CC/C=C\C/C=C\C/C=C\C/C=C\C/C=C\CCCCCC(=O)OC1C(OCC(NC(=O)C(O)CCCCCCCCCC/C=C\C/C=C\C/C=C\C/C=C\CCCCC)C(O)/C=C/CCCCCCCCCCCCC)OC(CO)C(O)C1O. The molecule has 0 saturated carbocycles. The molecule has 1 aliphatic rings. The van der Waals surface area contributed by atoms with Crippen LogP contribution in [0.2, 0.25) is 0 Å². The quantitative estimate of drug-likeness (QED) is 0.0195.